The van der Waals surface area contributed by atoms with Crippen molar-refractivity contribution in [2.24, 2.45) is 5.73 Å². The van der Waals surface area contributed by atoms with E-state index < -0.39 is 0 Å². The lowest BCUT2D eigenvalue weighted by Crippen LogP contribution is -2.37. The third-order valence-corrected chi connectivity index (χ3v) is 3.08. The monoisotopic (exact) mass is 202 g/mol. The zero-order valence-electron chi connectivity index (χ0n) is 9.38. The molecule has 0 amide bonds. The minimum Gasteiger partial charge on any atom is -0.361 e. The van der Waals surface area contributed by atoms with Gasteiger partial charge in [-0.25, -0.2) is 0 Å². The van der Waals surface area contributed by atoms with Crippen molar-refractivity contribution in [2.75, 3.05) is 0 Å². The van der Waals surface area contributed by atoms with Gasteiger partial charge in [0.2, 0.25) is 0 Å². The van der Waals surface area contributed by atoms with Gasteiger partial charge in [-0.2, -0.15) is 0 Å². The zero-order valence-corrected chi connectivity index (χ0v) is 9.38. The molecular formula is C13H18N2. The number of benzene rings is 1. The molecular weight excluding hydrogens is 184 g/mol. The smallest absolute Gasteiger partial charge is 0.0456 e. The molecule has 2 heteroatoms. The Hall–Kier alpha value is -1.28. The molecule has 0 fully saturated rings. The largest absolute Gasteiger partial charge is 0.361 e. The summed E-state index contributed by atoms with van der Waals surface area (Å²) < 4.78 is 0. The van der Waals surface area contributed by atoms with Gasteiger partial charge in [-0.3, -0.25) is 0 Å². The molecule has 0 radical (unpaired) electrons. The van der Waals surface area contributed by atoms with Crippen LogP contribution in [0.15, 0.2) is 30.5 Å². The number of rotatable bonds is 3. The predicted octanol–water partition coefficient (Wildman–Crippen LogP) is 2.84. The summed E-state index contributed by atoms with van der Waals surface area (Å²) in [4.78, 5) is 3.28. The van der Waals surface area contributed by atoms with Gasteiger partial charge in [0.15, 0.2) is 0 Å². The fraction of sp³-hybridized carbons (Fsp3) is 0.385. The van der Waals surface area contributed by atoms with E-state index in [-0.39, 0.29) is 5.54 Å². The number of H-pyrrole nitrogens is 1. The molecule has 80 valence electrons. The topological polar surface area (TPSA) is 41.8 Å². The van der Waals surface area contributed by atoms with Gasteiger partial charge in [-0.05, 0) is 31.4 Å². The second-order valence-corrected chi connectivity index (χ2v) is 4.54. The standard InChI is InChI=1S/C13H18N2/c1-3-13(2,14)8-10-9-15-12-7-5-4-6-11(10)12/h4-7,9,15H,3,8,14H2,1-2H3. The van der Waals surface area contributed by atoms with E-state index in [0.29, 0.717) is 0 Å². The Morgan fingerprint density at radius 1 is 1.33 bits per heavy atom. The molecule has 1 aromatic heterocycles. The van der Waals surface area contributed by atoms with Crippen molar-refractivity contribution in [1.29, 1.82) is 0 Å². The Morgan fingerprint density at radius 3 is 2.80 bits per heavy atom. The molecule has 2 rings (SSSR count). The lowest BCUT2D eigenvalue weighted by Gasteiger charge is -2.22. The number of nitrogens with one attached hydrogen (secondary N) is 1. The van der Waals surface area contributed by atoms with Crippen molar-refractivity contribution in [3.8, 4) is 0 Å². The summed E-state index contributed by atoms with van der Waals surface area (Å²) in [6, 6.07) is 8.36. The summed E-state index contributed by atoms with van der Waals surface area (Å²) in [5, 5.41) is 1.29. The first kappa shape index (κ1) is 10.2. The first-order valence-electron chi connectivity index (χ1n) is 5.46. The van der Waals surface area contributed by atoms with Crippen LogP contribution in [-0.4, -0.2) is 10.5 Å². The van der Waals surface area contributed by atoms with Crippen molar-refractivity contribution >= 4 is 10.9 Å². The highest BCUT2D eigenvalue weighted by Gasteiger charge is 2.17. The SMILES string of the molecule is CCC(C)(N)Cc1c[nH]c2ccccc12. The molecule has 0 bridgehead atoms. The van der Waals surface area contributed by atoms with Crippen LogP contribution >= 0.6 is 0 Å². The average molecular weight is 202 g/mol. The molecule has 2 nitrogen and oxygen atoms in total. The van der Waals surface area contributed by atoms with E-state index in [9.17, 15) is 0 Å². The Kier molecular flexibility index (Phi) is 2.53. The summed E-state index contributed by atoms with van der Waals surface area (Å²) in [6.45, 7) is 4.24. The molecule has 0 aliphatic carbocycles. The molecule has 1 aromatic carbocycles. The first-order chi connectivity index (χ1) is 7.12. The maximum Gasteiger partial charge on any atom is 0.0456 e. The second-order valence-electron chi connectivity index (χ2n) is 4.54. The van der Waals surface area contributed by atoms with Gasteiger partial charge in [-0.15, -0.1) is 0 Å². The number of fused-ring (bicyclic) bond motifs is 1. The van der Waals surface area contributed by atoms with Gasteiger partial charge in [0.25, 0.3) is 0 Å². The van der Waals surface area contributed by atoms with Gasteiger partial charge in [0.1, 0.15) is 0 Å². The maximum absolute atomic E-state index is 6.18. The number of nitrogens with two attached hydrogens (primary N) is 1. The van der Waals surface area contributed by atoms with Gasteiger partial charge in [0.05, 0.1) is 0 Å². The van der Waals surface area contributed by atoms with Crippen LogP contribution in [0, 0.1) is 0 Å². The van der Waals surface area contributed by atoms with Crippen LogP contribution in [-0.2, 0) is 6.42 Å². The lowest BCUT2D eigenvalue weighted by molar-refractivity contribution is 0.451. The molecule has 2 aromatic rings. The Labute approximate surface area is 90.5 Å². The van der Waals surface area contributed by atoms with E-state index in [4.69, 9.17) is 5.73 Å². The lowest BCUT2D eigenvalue weighted by atomic mass is 9.91. The third-order valence-electron chi connectivity index (χ3n) is 3.08. The van der Waals surface area contributed by atoms with E-state index in [1.54, 1.807) is 0 Å². The molecule has 1 heterocycles. The second kappa shape index (κ2) is 3.70. The molecule has 1 atom stereocenters. The average Bonchev–Trinajstić information content (AvgIpc) is 2.62. The van der Waals surface area contributed by atoms with Gasteiger partial charge in [0, 0.05) is 22.6 Å². The van der Waals surface area contributed by atoms with Crippen molar-refractivity contribution in [3.05, 3.63) is 36.0 Å². The van der Waals surface area contributed by atoms with Crippen LogP contribution in [0.5, 0.6) is 0 Å². The van der Waals surface area contributed by atoms with Gasteiger partial charge in [-0.1, -0.05) is 25.1 Å². The van der Waals surface area contributed by atoms with Crippen LogP contribution < -0.4 is 5.73 Å². The first-order valence-corrected chi connectivity index (χ1v) is 5.46. The van der Waals surface area contributed by atoms with Gasteiger partial charge < -0.3 is 10.7 Å². The highest BCUT2D eigenvalue weighted by molar-refractivity contribution is 5.83. The Balaban J connectivity index is 2.37. The fourth-order valence-corrected chi connectivity index (χ4v) is 1.84. The van der Waals surface area contributed by atoms with Crippen LogP contribution in [0.2, 0.25) is 0 Å². The summed E-state index contributed by atoms with van der Waals surface area (Å²) in [5.74, 6) is 0. The van der Waals surface area contributed by atoms with Crippen LogP contribution in [0.25, 0.3) is 10.9 Å². The minimum atomic E-state index is -0.106. The van der Waals surface area contributed by atoms with Crippen LogP contribution in [0.1, 0.15) is 25.8 Å². The molecule has 0 aliphatic heterocycles. The highest BCUT2D eigenvalue weighted by atomic mass is 14.7. The van der Waals surface area contributed by atoms with Gasteiger partial charge >= 0.3 is 0 Å². The third kappa shape index (κ3) is 2.05. The van der Waals surface area contributed by atoms with Crippen molar-refractivity contribution in [3.63, 3.8) is 0 Å². The van der Waals surface area contributed by atoms with Crippen LogP contribution in [0.3, 0.4) is 0 Å². The number of aromatic nitrogens is 1. The van der Waals surface area contributed by atoms with E-state index >= 15 is 0 Å². The summed E-state index contributed by atoms with van der Waals surface area (Å²) in [7, 11) is 0. The molecule has 0 aliphatic rings. The van der Waals surface area contributed by atoms with Crippen molar-refractivity contribution < 1.29 is 0 Å². The molecule has 0 saturated carbocycles. The molecule has 3 N–H and O–H groups in total. The molecule has 15 heavy (non-hydrogen) atoms. The summed E-state index contributed by atoms with van der Waals surface area (Å²) >= 11 is 0. The number of aromatic amines is 1. The van der Waals surface area contributed by atoms with E-state index in [0.717, 1.165) is 12.8 Å². The Morgan fingerprint density at radius 2 is 2.07 bits per heavy atom. The normalized spacial score (nSPS) is 15.4. The van der Waals surface area contributed by atoms with E-state index in [1.165, 1.54) is 16.5 Å². The molecule has 0 spiro atoms. The zero-order chi connectivity index (χ0) is 10.9. The summed E-state index contributed by atoms with van der Waals surface area (Å²) in [6.07, 6.45) is 3.99. The van der Waals surface area contributed by atoms with Crippen LogP contribution in [0.4, 0.5) is 0 Å². The minimum absolute atomic E-state index is 0.106. The van der Waals surface area contributed by atoms with E-state index in [2.05, 4.69) is 43.2 Å². The Bertz CT molecular complexity index is 454. The van der Waals surface area contributed by atoms with E-state index in [1.807, 2.05) is 6.07 Å². The molecule has 0 saturated heterocycles. The van der Waals surface area contributed by atoms with Crippen molar-refractivity contribution in [1.82, 2.24) is 4.98 Å². The van der Waals surface area contributed by atoms with Crippen molar-refractivity contribution in [2.45, 2.75) is 32.2 Å². The fourth-order valence-electron chi connectivity index (χ4n) is 1.84. The predicted molar refractivity (Wildman–Crippen MR) is 64.9 cm³/mol. The number of para-hydroxylation sites is 1. The number of hydrogen-bond acceptors (Lipinski definition) is 1. The quantitative estimate of drug-likeness (QED) is 0.789. The number of hydrogen-bond donors (Lipinski definition) is 2. The molecule has 1 unspecified atom stereocenters. The highest BCUT2D eigenvalue weighted by Crippen LogP contribution is 2.22. The maximum atomic E-state index is 6.18. The summed E-state index contributed by atoms with van der Waals surface area (Å²) in [5.41, 5.74) is 8.59.